The number of aliphatic hydroxyl groups excluding tert-OH is 1. The fraction of sp³-hybridized carbons (Fsp3) is 0.485. The molecule has 3 aliphatic rings. The fourth-order valence-corrected chi connectivity index (χ4v) is 6.29. The summed E-state index contributed by atoms with van der Waals surface area (Å²) in [6.07, 6.45) is -1.52. The van der Waals surface area contributed by atoms with Crippen molar-refractivity contribution in [3.8, 4) is 29.0 Å². The van der Waals surface area contributed by atoms with Gasteiger partial charge in [-0.1, -0.05) is 0 Å². The lowest BCUT2D eigenvalue weighted by molar-refractivity contribution is -0.165. The molecule has 3 saturated heterocycles. The molecule has 3 fully saturated rings. The second-order valence-electron chi connectivity index (χ2n) is 12.3. The third kappa shape index (κ3) is 6.96. The van der Waals surface area contributed by atoms with Gasteiger partial charge in [0.25, 0.3) is 5.91 Å². The summed E-state index contributed by atoms with van der Waals surface area (Å²) in [6, 6.07) is 12.9. The van der Waals surface area contributed by atoms with Gasteiger partial charge in [0.2, 0.25) is 11.8 Å². The van der Waals surface area contributed by atoms with Crippen LogP contribution in [0.4, 0.5) is 26.2 Å². The number of piperidine rings is 1. The maximum atomic E-state index is 14.9. The Balaban J connectivity index is 1.13. The minimum Gasteiger partial charge on any atom is -0.483 e. The maximum absolute atomic E-state index is 14.9. The van der Waals surface area contributed by atoms with E-state index in [1.165, 1.54) is 19.1 Å². The van der Waals surface area contributed by atoms with Crippen LogP contribution in [0.5, 0.6) is 11.6 Å². The summed E-state index contributed by atoms with van der Waals surface area (Å²) in [4.78, 5) is 31.3. The highest BCUT2D eigenvalue weighted by molar-refractivity contribution is 5.80. The summed E-state index contributed by atoms with van der Waals surface area (Å²) < 4.78 is 46.5. The Morgan fingerprint density at radius 1 is 1.19 bits per heavy atom. The van der Waals surface area contributed by atoms with Gasteiger partial charge in [-0.05, 0) is 50.2 Å². The van der Waals surface area contributed by atoms with E-state index in [0.717, 1.165) is 43.4 Å². The number of nitriles is 1. The average molecular weight is 665 g/mol. The van der Waals surface area contributed by atoms with E-state index in [9.17, 15) is 23.9 Å². The van der Waals surface area contributed by atoms with E-state index in [0.29, 0.717) is 35.0 Å². The smallest absolute Gasteiger partial charge is 0.301 e. The summed E-state index contributed by atoms with van der Waals surface area (Å²) in [7, 11) is 1.58. The van der Waals surface area contributed by atoms with Crippen LogP contribution in [0.3, 0.4) is 0 Å². The fourth-order valence-electron chi connectivity index (χ4n) is 6.29. The predicted octanol–water partition coefficient (Wildman–Crippen LogP) is 3.07. The van der Waals surface area contributed by atoms with Gasteiger partial charge >= 0.3 is 5.92 Å². The van der Waals surface area contributed by atoms with E-state index in [4.69, 9.17) is 14.2 Å². The van der Waals surface area contributed by atoms with Crippen LogP contribution in [-0.2, 0) is 9.53 Å². The summed E-state index contributed by atoms with van der Waals surface area (Å²) >= 11 is 0. The molecular formula is C33H38F2N8O5. The zero-order chi connectivity index (χ0) is 34.0. The molecule has 0 radical (unpaired) electrons. The van der Waals surface area contributed by atoms with E-state index < -0.39 is 30.6 Å². The minimum absolute atomic E-state index is 0.00196. The average Bonchev–Trinajstić information content (AvgIpc) is 3.05. The number of anilines is 3. The van der Waals surface area contributed by atoms with Crippen molar-refractivity contribution < 1.29 is 32.9 Å². The topological polar surface area (TPSA) is 149 Å². The Morgan fingerprint density at radius 2 is 2.00 bits per heavy atom. The van der Waals surface area contributed by atoms with Gasteiger partial charge in [0, 0.05) is 50.4 Å². The first-order valence-electron chi connectivity index (χ1n) is 15.9. The molecule has 6 rings (SSSR count). The quantitative estimate of drug-likeness (QED) is 0.346. The number of likely N-dealkylation sites (tertiary alicyclic amines) is 1. The molecule has 0 unspecified atom stereocenters. The summed E-state index contributed by atoms with van der Waals surface area (Å²) in [6.45, 7) is 6.77. The highest BCUT2D eigenvalue weighted by Gasteiger charge is 2.48. The molecule has 15 heteroatoms. The Kier molecular flexibility index (Phi) is 9.58. The number of carbonyl (C=O) groups is 1. The number of amides is 1. The first kappa shape index (κ1) is 33.3. The van der Waals surface area contributed by atoms with Gasteiger partial charge in [0.15, 0.2) is 6.10 Å². The number of halogens is 2. The van der Waals surface area contributed by atoms with Crippen molar-refractivity contribution in [2.45, 2.75) is 50.5 Å². The van der Waals surface area contributed by atoms with Crippen LogP contribution in [0.15, 0.2) is 42.6 Å². The number of hydrogen-bond donors (Lipinski definition) is 2. The van der Waals surface area contributed by atoms with Crippen LogP contribution in [0.25, 0.3) is 11.3 Å². The molecule has 1 aromatic carbocycles. The molecule has 13 nitrogen and oxygen atoms in total. The molecule has 5 heterocycles. The largest absolute Gasteiger partial charge is 0.483 e. The number of aromatic nitrogens is 3. The van der Waals surface area contributed by atoms with Crippen molar-refractivity contribution in [1.82, 2.24) is 24.8 Å². The third-order valence-electron chi connectivity index (χ3n) is 8.91. The van der Waals surface area contributed by atoms with Gasteiger partial charge in [-0.2, -0.15) is 10.2 Å². The standard InChI is InChI=1S/C33H38F2N8O5/c1-20-16-41(12-13-43(20)24-17-47-18-24)26-5-7-29(39-30(26)46-3)40-32-37-10-8-25(38-32)22-4-6-27(23(14-22)15-36)48-28-9-11-42(19-33(28,34)35)31(45)21(2)44/h4-8,10,14,20-21,24,28,44H,9,11-13,16-19H2,1-3H3,(H,37,38,39,40)/t20-,21-,28+/m0/s1. The van der Waals surface area contributed by atoms with Crippen LogP contribution >= 0.6 is 0 Å². The molecule has 0 bridgehead atoms. The highest BCUT2D eigenvalue weighted by Crippen LogP contribution is 2.35. The highest BCUT2D eigenvalue weighted by atomic mass is 19.3. The molecule has 3 atom stereocenters. The van der Waals surface area contributed by atoms with Gasteiger partial charge in [-0.25, -0.2) is 18.7 Å². The third-order valence-corrected chi connectivity index (χ3v) is 8.91. The number of rotatable bonds is 9. The predicted molar refractivity (Wildman–Crippen MR) is 171 cm³/mol. The van der Waals surface area contributed by atoms with Crippen LogP contribution in [0.2, 0.25) is 0 Å². The normalized spacial score (nSPS) is 21.9. The van der Waals surface area contributed by atoms with E-state index >= 15 is 0 Å². The number of aliphatic hydroxyl groups is 1. The van der Waals surface area contributed by atoms with Crippen molar-refractivity contribution in [3.63, 3.8) is 0 Å². The maximum Gasteiger partial charge on any atom is 0.301 e. The summed E-state index contributed by atoms with van der Waals surface area (Å²) in [5, 5.41) is 22.5. The van der Waals surface area contributed by atoms with Crippen LogP contribution in [0.1, 0.15) is 25.8 Å². The van der Waals surface area contributed by atoms with Crippen molar-refractivity contribution in [1.29, 1.82) is 5.26 Å². The summed E-state index contributed by atoms with van der Waals surface area (Å²) in [5.41, 5.74) is 1.99. The number of methoxy groups -OCH3 is 1. The molecule has 2 aromatic heterocycles. The van der Waals surface area contributed by atoms with Crippen molar-refractivity contribution in [3.05, 3.63) is 48.2 Å². The second-order valence-corrected chi connectivity index (χ2v) is 12.3. The zero-order valence-electron chi connectivity index (χ0n) is 27.0. The number of piperazine rings is 1. The number of nitrogens with zero attached hydrogens (tertiary/aromatic N) is 7. The molecule has 0 saturated carbocycles. The van der Waals surface area contributed by atoms with E-state index in [-0.39, 0.29) is 30.2 Å². The molecular weight excluding hydrogens is 626 g/mol. The van der Waals surface area contributed by atoms with Crippen molar-refractivity contribution >= 4 is 23.4 Å². The number of ether oxygens (including phenoxy) is 3. The molecule has 0 spiro atoms. The first-order valence-corrected chi connectivity index (χ1v) is 15.9. The van der Waals surface area contributed by atoms with Crippen LogP contribution < -0.4 is 19.7 Å². The Bertz CT molecular complexity index is 1680. The zero-order valence-corrected chi connectivity index (χ0v) is 27.0. The minimum atomic E-state index is -3.38. The van der Waals surface area contributed by atoms with Crippen molar-refractivity contribution in [2.24, 2.45) is 0 Å². The van der Waals surface area contributed by atoms with Gasteiger partial charge in [0.05, 0.1) is 44.2 Å². The van der Waals surface area contributed by atoms with Gasteiger partial charge in [-0.15, -0.1) is 0 Å². The van der Waals surface area contributed by atoms with E-state index in [2.05, 4.69) is 37.0 Å². The van der Waals surface area contributed by atoms with Crippen molar-refractivity contribution in [2.75, 3.05) is 63.3 Å². The lowest BCUT2D eigenvalue weighted by Gasteiger charge is -2.47. The number of alkyl halides is 2. The number of carbonyl (C=O) groups excluding carboxylic acids is 1. The van der Waals surface area contributed by atoms with Gasteiger partial charge < -0.3 is 34.4 Å². The van der Waals surface area contributed by atoms with Gasteiger partial charge in [0.1, 0.15) is 29.4 Å². The SMILES string of the molecule is COc1nc(Nc2nccc(-c3ccc(O[C@@H]4CCN(C(=O)[C@H](C)O)CC4(F)F)c(C#N)c3)n2)ccc1N1CCN(C2COC2)[C@@H](C)C1. The number of nitrogens with one attached hydrogen (secondary N) is 1. The van der Waals surface area contributed by atoms with E-state index in [1.54, 1.807) is 25.4 Å². The Labute approximate surface area is 277 Å². The van der Waals surface area contributed by atoms with E-state index in [1.807, 2.05) is 18.2 Å². The summed E-state index contributed by atoms with van der Waals surface area (Å²) in [5.74, 6) is -2.93. The number of pyridine rings is 1. The monoisotopic (exact) mass is 664 g/mol. The molecule has 0 aliphatic carbocycles. The molecule has 2 N–H and O–H groups in total. The van der Waals surface area contributed by atoms with Crippen LogP contribution in [-0.4, -0.2) is 119 Å². The Morgan fingerprint density at radius 3 is 2.67 bits per heavy atom. The second kappa shape index (κ2) is 13.8. The van der Waals surface area contributed by atoms with Gasteiger partial charge in [-0.3, -0.25) is 9.69 Å². The van der Waals surface area contributed by atoms with Crippen LogP contribution in [0, 0.1) is 11.3 Å². The lowest BCUT2D eigenvalue weighted by Crippen LogP contribution is -2.60. The Hall–Kier alpha value is -4.65. The number of hydrogen-bond acceptors (Lipinski definition) is 12. The molecule has 48 heavy (non-hydrogen) atoms. The molecule has 3 aliphatic heterocycles. The lowest BCUT2D eigenvalue weighted by atomic mass is 10.0. The molecule has 254 valence electrons. The first-order chi connectivity index (χ1) is 23.1. The number of benzene rings is 1. The molecule has 1 amide bonds. The molecule has 3 aromatic rings.